The van der Waals surface area contributed by atoms with E-state index in [-0.39, 0.29) is 0 Å². The summed E-state index contributed by atoms with van der Waals surface area (Å²) < 4.78 is 10.7. The summed E-state index contributed by atoms with van der Waals surface area (Å²) in [7, 11) is 1.66. The molecule has 0 unspecified atom stereocenters. The third kappa shape index (κ3) is 3.68. The van der Waals surface area contributed by atoms with Crippen LogP contribution in [0.15, 0.2) is 36.7 Å². The van der Waals surface area contributed by atoms with Crippen LogP contribution in [0.25, 0.3) is 11.3 Å². The third-order valence-electron chi connectivity index (χ3n) is 2.73. The second kappa shape index (κ2) is 7.45. The van der Waals surface area contributed by atoms with Crippen LogP contribution in [-0.4, -0.2) is 36.8 Å². The summed E-state index contributed by atoms with van der Waals surface area (Å²) in [5, 5.41) is 3.18. The Morgan fingerprint density at radius 2 is 2.00 bits per heavy atom. The molecule has 1 heterocycles. The van der Waals surface area contributed by atoms with Crippen molar-refractivity contribution in [2.75, 3.05) is 32.2 Å². The lowest BCUT2D eigenvalue weighted by molar-refractivity contribution is 0.146. The van der Waals surface area contributed by atoms with E-state index in [0.29, 0.717) is 13.2 Å². The first kappa shape index (κ1) is 14.3. The van der Waals surface area contributed by atoms with E-state index in [0.717, 1.165) is 29.4 Å². The molecule has 0 saturated heterocycles. The van der Waals surface area contributed by atoms with Crippen molar-refractivity contribution in [1.29, 1.82) is 0 Å². The Morgan fingerprint density at radius 3 is 2.80 bits per heavy atom. The maximum atomic E-state index is 5.73. The fourth-order valence-electron chi connectivity index (χ4n) is 1.82. The molecule has 0 fully saturated rings. The van der Waals surface area contributed by atoms with Crippen LogP contribution in [0.4, 0.5) is 5.82 Å². The van der Waals surface area contributed by atoms with Crippen LogP contribution in [0.5, 0.6) is 5.75 Å². The third-order valence-corrected chi connectivity index (χ3v) is 2.73. The second-order valence-electron chi connectivity index (χ2n) is 4.16. The first-order chi connectivity index (χ1) is 9.85. The highest BCUT2D eigenvalue weighted by Gasteiger charge is 2.08. The molecule has 5 nitrogen and oxygen atoms in total. The first-order valence-corrected chi connectivity index (χ1v) is 6.62. The van der Waals surface area contributed by atoms with E-state index in [1.165, 1.54) is 0 Å². The topological polar surface area (TPSA) is 56.3 Å². The SMILES string of the molecule is CCNc1cc(-c2ccccc2OCCOC)ncn1. The fraction of sp³-hybridized carbons (Fsp3) is 0.333. The lowest BCUT2D eigenvalue weighted by atomic mass is 10.1. The van der Waals surface area contributed by atoms with E-state index in [1.807, 2.05) is 37.3 Å². The van der Waals surface area contributed by atoms with Gasteiger partial charge in [-0.05, 0) is 19.1 Å². The summed E-state index contributed by atoms with van der Waals surface area (Å²) in [5.41, 5.74) is 1.79. The Labute approximate surface area is 119 Å². The molecule has 1 N–H and O–H groups in total. The second-order valence-corrected chi connectivity index (χ2v) is 4.16. The fourth-order valence-corrected chi connectivity index (χ4v) is 1.82. The Balaban J connectivity index is 2.24. The number of rotatable bonds is 7. The van der Waals surface area contributed by atoms with Gasteiger partial charge in [0.2, 0.25) is 0 Å². The van der Waals surface area contributed by atoms with Crippen LogP contribution in [0, 0.1) is 0 Å². The molecule has 0 bridgehead atoms. The van der Waals surface area contributed by atoms with Gasteiger partial charge in [-0.15, -0.1) is 0 Å². The van der Waals surface area contributed by atoms with Gasteiger partial charge >= 0.3 is 0 Å². The van der Waals surface area contributed by atoms with E-state index in [2.05, 4.69) is 15.3 Å². The van der Waals surface area contributed by atoms with Crippen molar-refractivity contribution in [3.63, 3.8) is 0 Å². The zero-order chi connectivity index (χ0) is 14.2. The first-order valence-electron chi connectivity index (χ1n) is 6.62. The van der Waals surface area contributed by atoms with Gasteiger partial charge in [-0.2, -0.15) is 0 Å². The standard InChI is InChI=1S/C15H19N3O2/c1-3-16-15-10-13(17-11-18-15)12-6-4-5-7-14(12)20-9-8-19-2/h4-7,10-11H,3,8-9H2,1-2H3,(H,16,17,18). The number of hydrogen-bond donors (Lipinski definition) is 1. The molecule has 106 valence electrons. The molecule has 0 radical (unpaired) electrons. The van der Waals surface area contributed by atoms with Gasteiger partial charge in [-0.25, -0.2) is 9.97 Å². The number of hydrogen-bond acceptors (Lipinski definition) is 5. The number of nitrogens with one attached hydrogen (secondary N) is 1. The van der Waals surface area contributed by atoms with Gasteiger partial charge in [-0.1, -0.05) is 12.1 Å². The zero-order valence-electron chi connectivity index (χ0n) is 11.8. The summed E-state index contributed by atoms with van der Waals surface area (Å²) in [5.74, 6) is 1.61. The summed E-state index contributed by atoms with van der Waals surface area (Å²) in [6, 6.07) is 9.74. The predicted octanol–water partition coefficient (Wildman–Crippen LogP) is 2.60. The quantitative estimate of drug-likeness (QED) is 0.786. The van der Waals surface area contributed by atoms with Crippen molar-refractivity contribution >= 4 is 5.82 Å². The normalized spacial score (nSPS) is 10.3. The number of aromatic nitrogens is 2. The summed E-state index contributed by atoms with van der Waals surface area (Å²) >= 11 is 0. The molecular weight excluding hydrogens is 254 g/mol. The zero-order valence-corrected chi connectivity index (χ0v) is 11.8. The van der Waals surface area contributed by atoms with Crippen LogP contribution < -0.4 is 10.1 Å². The lowest BCUT2D eigenvalue weighted by Gasteiger charge is -2.11. The Morgan fingerprint density at radius 1 is 1.15 bits per heavy atom. The minimum atomic E-state index is 0.513. The molecule has 0 aliphatic rings. The molecule has 2 aromatic rings. The summed E-state index contributed by atoms with van der Waals surface area (Å²) in [6.45, 7) is 3.92. The van der Waals surface area contributed by atoms with Crippen LogP contribution in [0.1, 0.15) is 6.92 Å². The number of benzene rings is 1. The molecule has 1 aromatic carbocycles. The highest BCUT2D eigenvalue weighted by molar-refractivity contribution is 5.68. The molecule has 1 aromatic heterocycles. The van der Waals surface area contributed by atoms with Gasteiger partial charge in [0.1, 0.15) is 24.5 Å². The van der Waals surface area contributed by atoms with E-state index >= 15 is 0 Å². The molecule has 0 saturated carbocycles. The highest BCUT2D eigenvalue weighted by Crippen LogP contribution is 2.29. The maximum Gasteiger partial charge on any atom is 0.129 e. The number of anilines is 1. The molecular formula is C15H19N3O2. The van der Waals surface area contributed by atoms with E-state index < -0.39 is 0 Å². The van der Waals surface area contributed by atoms with Crippen LogP contribution in [0.3, 0.4) is 0 Å². The van der Waals surface area contributed by atoms with Gasteiger partial charge in [-0.3, -0.25) is 0 Å². The molecule has 2 rings (SSSR count). The predicted molar refractivity (Wildman–Crippen MR) is 79.0 cm³/mol. The molecule has 20 heavy (non-hydrogen) atoms. The molecule has 0 aliphatic carbocycles. The monoisotopic (exact) mass is 273 g/mol. The molecule has 0 atom stereocenters. The largest absolute Gasteiger partial charge is 0.490 e. The average Bonchev–Trinajstić information content (AvgIpc) is 2.49. The molecule has 0 amide bonds. The number of nitrogens with zero attached hydrogens (tertiary/aromatic N) is 2. The number of methoxy groups -OCH3 is 1. The number of ether oxygens (including phenoxy) is 2. The highest BCUT2D eigenvalue weighted by atomic mass is 16.5. The van der Waals surface area contributed by atoms with Gasteiger partial charge in [0.25, 0.3) is 0 Å². The molecule has 5 heteroatoms. The van der Waals surface area contributed by atoms with E-state index in [1.54, 1.807) is 13.4 Å². The van der Waals surface area contributed by atoms with E-state index in [9.17, 15) is 0 Å². The van der Waals surface area contributed by atoms with Crippen LogP contribution >= 0.6 is 0 Å². The lowest BCUT2D eigenvalue weighted by Crippen LogP contribution is -2.05. The Hall–Kier alpha value is -2.14. The molecule has 0 aliphatic heterocycles. The number of para-hydroxylation sites is 1. The smallest absolute Gasteiger partial charge is 0.129 e. The van der Waals surface area contributed by atoms with Crippen molar-refractivity contribution in [3.8, 4) is 17.0 Å². The maximum absolute atomic E-state index is 5.73. The molecule has 0 spiro atoms. The average molecular weight is 273 g/mol. The van der Waals surface area contributed by atoms with Crippen molar-refractivity contribution in [1.82, 2.24) is 9.97 Å². The van der Waals surface area contributed by atoms with E-state index in [4.69, 9.17) is 9.47 Å². The minimum Gasteiger partial charge on any atom is -0.490 e. The van der Waals surface area contributed by atoms with Gasteiger partial charge in [0, 0.05) is 25.3 Å². The summed E-state index contributed by atoms with van der Waals surface area (Å²) in [4.78, 5) is 8.50. The van der Waals surface area contributed by atoms with Crippen LogP contribution in [0.2, 0.25) is 0 Å². The Bertz CT molecular complexity index is 546. The van der Waals surface area contributed by atoms with Crippen LogP contribution in [-0.2, 0) is 4.74 Å². The summed E-state index contributed by atoms with van der Waals surface area (Å²) in [6.07, 6.45) is 1.55. The van der Waals surface area contributed by atoms with Gasteiger partial charge < -0.3 is 14.8 Å². The van der Waals surface area contributed by atoms with Crippen molar-refractivity contribution < 1.29 is 9.47 Å². The Kier molecular flexibility index (Phi) is 5.32. The van der Waals surface area contributed by atoms with Gasteiger partial charge in [0.15, 0.2) is 0 Å². The van der Waals surface area contributed by atoms with Gasteiger partial charge in [0.05, 0.1) is 12.3 Å². The van der Waals surface area contributed by atoms with Crippen molar-refractivity contribution in [3.05, 3.63) is 36.7 Å². The van der Waals surface area contributed by atoms with Crippen molar-refractivity contribution in [2.24, 2.45) is 0 Å². The van der Waals surface area contributed by atoms with Crippen molar-refractivity contribution in [2.45, 2.75) is 6.92 Å². The minimum absolute atomic E-state index is 0.513.